The topological polar surface area (TPSA) is 92.6 Å². The van der Waals surface area contributed by atoms with Crippen molar-refractivity contribution in [2.24, 2.45) is 21.1 Å². The Morgan fingerprint density at radius 1 is 1.50 bits per heavy atom. The van der Waals surface area contributed by atoms with E-state index < -0.39 is 11.9 Å². The van der Waals surface area contributed by atoms with E-state index >= 15 is 0 Å². The molecule has 0 saturated carbocycles. The Balaban J connectivity index is 2.22. The molecule has 0 aliphatic carbocycles. The summed E-state index contributed by atoms with van der Waals surface area (Å²) in [5.74, 6) is 0.163. The molecular weight excluding hydrogens is 278 g/mol. The van der Waals surface area contributed by atoms with Gasteiger partial charge in [0, 0.05) is 0 Å². The molecule has 1 aromatic rings. The number of benzene rings is 1. The Kier molecular flexibility index (Phi) is 4.04. The lowest BCUT2D eigenvalue weighted by Gasteiger charge is -2.08. The van der Waals surface area contributed by atoms with Gasteiger partial charge in [-0.1, -0.05) is 12.1 Å². The summed E-state index contributed by atoms with van der Waals surface area (Å²) < 4.78 is 5.15. The largest absolute Gasteiger partial charge is 0.494 e. The second kappa shape index (κ2) is 5.74. The van der Waals surface area contributed by atoms with Crippen molar-refractivity contribution >= 4 is 34.6 Å². The van der Waals surface area contributed by atoms with Crippen molar-refractivity contribution in [2.75, 3.05) is 7.11 Å². The Hall–Kier alpha value is -2.35. The molecule has 0 bridgehead atoms. The second-order valence-electron chi connectivity index (χ2n) is 4.02. The van der Waals surface area contributed by atoms with Crippen molar-refractivity contribution in [3.63, 3.8) is 0 Å². The quantitative estimate of drug-likeness (QED) is 0.676. The van der Waals surface area contributed by atoms with Gasteiger partial charge in [0.15, 0.2) is 11.2 Å². The number of hydrogen-bond donors (Lipinski definition) is 1. The van der Waals surface area contributed by atoms with Gasteiger partial charge in [-0.05, 0) is 31.3 Å². The van der Waals surface area contributed by atoms with Crippen LogP contribution < -0.4 is 10.5 Å². The van der Waals surface area contributed by atoms with E-state index in [-0.39, 0.29) is 5.11 Å². The molecule has 7 nitrogen and oxygen atoms in total. The number of amides is 1. The molecule has 0 unspecified atom stereocenters. The molecule has 1 atom stereocenters. The van der Waals surface area contributed by atoms with Gasteiger partial charge in [-0.2, -0.15) is 20.3 Å². The van der Waals surface area contributed by atoms with Gasteiger partial charge in [-0.15, -0.1) is 0 Å². The summed E-state index contributed by atoms with van der Waals surface area (Å²) in [6.07, 6.45) is 0. The Bertz CT molecular complexity index is 614. The number of hydrazone groups is 1. The van der Waals surface area contributed by atoms with Crippen LogP contribution in [0.15, 0.2) is 39.6 Å². The number of azo groups is 1. The van der Waals surface area contributed by atoms with Crippen LogP contribution in [0.2, 0.25) is 0 Å². The number of hydrogen-bond acceptors (Lipinski definition) is 6. The van der Waals surface area contributed by atoms with Crippen molar-refractivity contribution in [1.29, 1.82) is 0 Å². The Labute approximate surface area is 121 Å². The van der Waals surface area contributed by atoms with E-state index in [0.717, 1.165) is 5.01 Å². The molecule has 1 heterocycles. The first kappa shape index (κ1) is 14.1. The van der Waals surface area contributed by atoms with Crippen LogP contribution in [0.3, 0.4) is 0 Å². The van der Waals surface area contributed by atoms with E-state index in [1.54, 1.807) is 25.1 Å². The van der Waals surface area contributed by atoms with Gasteiger partial charge in [-0.3, -0.25) is 4.79 Å². The number of methoxy groups -OCH3 is 1. The van der Waals surface area contributed by atoms with Crippen LogP contribution in [-0.4, -0.2) is 34.9 Å². The van der Waals surface area contributed by atoms with Crippen molar-refractivity contribution < 1.29 is 9.53 Å². The van der Waals surface area contributed by atoms with Crippen LogP contribution in [0.1, 0.15) is 6.92 Å². The van der Waals surface area contributed by atoms with Gasteiger partial charge < -0.3 is 10.5 Å². The molecule has 104 valence electrons. The van der Waals surface area contributed by atoms with Gasteiger partial charge in [0.1, 0.15) is 11.4 Å². The average molecular weight is 291 g/mol. The van der Waals surface area contributed by atoms with Gasteiger partial charge in [0.25, 0.3) is 5.91 Å². The lowest BCUT2D eigenvalue weighted by molar-refractivity contribution is -0.126. The smallest absolute Gasteiger partial charge is 0.282 e. The highest BCUT2D eigenvalue weighted by atomic mass is 32.1. The van der Waals surface area contributed by atoms with Crippen molar-refractivity contribution in [1.82, 2.24) is 5.01 Å². The van der Waals surface area contributed by atoms with Crippen molar-refractivity contribution in [2.45, 2.75) is 13.0 Å². The maximum absolute atomic E-state index is 12.0. The standard InChI is InChI=1S/C12H13N5O2S/c1-7-10(11(18)17(16-7)12(13)20)15-14-8-5-3-4-6-9(8)19-2/h3-6,10H,1-2H3,(H2,13,20)/t10-/m0/s1. The molecule has 20 heavy (non-hydrogen) atoms. The number of thiocarbonyl (C=S) groups is 1. The van der Waals surface area contributed by atoms with E-state index in [1.807, 2.05) is 6.07 Å². The number of nitrogens with two attached hydrogens (primary N) is 1. The molecule has 1 aliphatic rings. The first-order valence-electron chi connectivity index (χ1n) is 5.77. The van der Waals surface area contributed by atoms with Gasteiger partial charge in [0.2, 0.25) is 0 Å². The van der Waals surface area contributed by atoms with Crippen molar-refractivity contribution in [3.05, 3.63) is 24.3 Å². The number of nitrogens with zero attached hydrogens (tertiary/aromatic N) is 4. The summed E-state index contributed by atoms with van der Waals surface area (Å²) in [6.45, 7) is 1.67. The minimum atomic E-state index is -0.804. The van der Waals surface area contributed by atoms with Gasteiger partial charge in [0.05, 0.1) is 12.8 Å². The number of para-hydroxylation sites is 1. The summed E-state index contributed by atoms with van der Waals surface area (Å²) in [5, 5.41) is 12.8. The normalized spacial score (nSPS) is 18.5. The van der Waals surface area contributed by atoms with E-state index in [1.165, 1.54) is 7.11 Å². The average Bonchev–Trinajstić information content (AvgIpc) is 2.72. The number of carbonyl (C=O) groups is 1. The fraction of sp³-hybridized carbons (Fsp3) is 0.250. The monoisotopic (exact) mass is 291 g/mol. The zero-order valence-corrected chi connectivity index (χ0v) is 11.8. The molecule has 1 aliphatic heterocycles. The van der Waals surface area contributed by atoms with Crippen LogP contribution in [0.4, 0.5) is 5.69 Å². The SMILES string of the molecule is COc1ccccc1N=N[C@@H]1C(=O)N(C(N)=S)N=C1C. The summed E-state index contributed by atoms with van der Waals surface area (Å²) in [6, 6.07) is 6.31. The molecule has 0 spiro atoms. The summed E-state index contributed by atoms with van der Waals surface area (Å²) >= 11 is 4.74. The van der Waals surface area contributed by atoms with Gasteiger partial charge >= 0.3 is 0 Å². The van der Waals surface area contributed by atoms with Crippen LogP contribution >= 0.6 is 12.2 Å². The third kappa shape index (κ3) is 2.64. The Morgan fingerprint density at radius 2 is 2.20 bits per heavy atom. The molecule has 8 heteroatoms. The van der Waals surface area contributed by atoms with Crippen molar-refractivity contribution in [3.8, 4) is 5.75 Å². The van der Waals surface area contributed by atoms with E-state index in [0.29, 0.717) is 17.1 Å². The highest BCUT2D eigenvalue weighted by molar-refractivity contribution is 7.80. The minimum Gasteiger partial charge on any atom is -0.494 e. The third-order valence-electron chi connectivity index (χ3n) is 2.67. The molecule has 0 saturated heterocycles. The first-order chi connectivity index (χ1) is 9.54. The van der Waals surface area contributed by atoms with E-state index in [9.17, 15) is 4.79 Å². The zero-order valence-electron chi connectivity index (χ0n) is 11.0. The molecule has 2 rings (SSSR count). The summed E-state index contributed by atoms with van der Waals surface area (Å²) in [5.41, 5.74) is 6.42. The van der Waals surface area contributed by atoms with Gasteiger partial charge in [-0.25, -0.2) is 0 Å². The highest BCUT2D eigenvalue weighted by Crippen LogP contribution is 2.27. The highest BCUT2D eigenvalue weighted by Gasteiger charge is 2.35. The maximum Gasteiger partial charge on any atom is 0.282 e. The number of rotatable bonds is 3. The van der Waals surface area contributed by atoms with E-state index in [2.05, 4.69) is 15.3 Å². The third-order valence-corrected chi connectivity index (χ3v) is 2.84. The molecule has 0 radical (unpaired) electrons. The number of ether oxygens (including phenoxy) is 1. The molecule has 0 aromatic heterocycles. The predicted molar refractivity (Wildman–Crippen MR) is 78.0 cm³/mol. The lowest BCUT2D eigenvalue weighted by Crippen LogP contribution is -2.37. The van der Waals surface area contributed by atoms with Crippen LogP contribution in [0.5, 0.6) is 5.75 Å². The van der Waals surface area contributed by atoms with Crippen LogP contribution in [0.25, 0.3) is 0 Å². The number of carbonyl (C=O) groups excluding carboxylic acids is 1. The Morgan fingerprint density at radius 3 is 2.80 bits per heavy atom. The molecule has 0 fully saturated rings. The summed E-state index contributed by atoms with van der Waals surface area (Å²) in [7, 11) is 1.54. The van der Waals surface area contributed by atoms with Crippen LogP contribution in [0, 0.1) is 0 Å². The maximum atomic E-state index is 12.0. The van der Waals surface area contributed by atoms with E-state index in [4.69, 9.17) is 22.7 Å². The molecule has 2 N–H and O–H groups in total. The summed E-state index contributed by atoms with van der Waals surface area (Å²) in [4.78, 5) is 12.0. The lowest BCUT2D eigenvalue weighted by atomic mass is 10.2. The molecular formula is C12H13N5O2S. The molecule has 1 aromatic carbocycles. The fourth-order valence-corrected chi connectivity index (χ4v) is 1.81. The first-order valence-corrected chi connectivity index (χ1v) is 6.17. The van der Waals surface area contributed by atoms with Crippen LogP contribution in [-0.2, 0) is 4.79 Å². The minimum absolute atomic E-state index is 0.107. The molecule has 1 amide bonds. The second-order valence-corrected chi connectivity index (χ2v) is 4.44. The zero-order chi connectivity index (χ0) is 14.7. The predicted octanol–water partition coefficient (Wildman–Crippen LogP) is 1.61. The fourth-order valence-electron chi connectivity index (χ4n) is 1.68.